The van der Waals surface area contributed by atoms with Gasteiger partial charge >= 0.3 is 5.97 Å². The summed E-state index contributed by atoms with van der Waals surface area (Å²) < 4.78 is 23.1. The largest absolute Gasteiger partial charge is 0.463 e. The second-order valence-corrected chi connectivity index (χ2v) is 10.7. The quantitative estimate of drug-likeness (QED) is 0.398. The van der Waals surface area contributed by atoms with Gasteiger partial charge in [-0.15, -0.1) is 0 Å². The monoisotopic (exact) mass is 325 g/mol. The molecule has 0 spiro atoms. The van der Waals surface area contributed by atoms with Gasteiger partial charge in [-0.3, -0.25) is 9.36 Å². The van der Waals surface area contributed by atoms with E-state index >= 15 is 0 Å². The minimum atomic E-state index is -2.77. The van der Waals surface area contributed by atoms with Gasteiger partial charge in [0.25, 0.3) is 6.57 Å². The number of hydrogen-bond donors (Lipinski definition) is 1. The zero-order valence-corrected chi connectivity index (χ0v) is 15.1. The van der Waals surface area contributed by atoms with Crippen molar-refractivity contribution >= 4 is 23.9 Å². The molecule has 0 aliphatic rings. The summed E-state index contributed by atoms with van der Waals surface area (Å²) in [5.74, 6) is 0.265. The fourth-order valence-corrected chi connectivity index (χ4v) is 7.04. The van der Waals surface area contributed by atoms with Crippen LogP contribution in [0.3, 0.4) is 0 Å². The Labute approximate surface area is 126 Å². The van der Waals surface area contributed by atoms with Crippen LogP contribution in [-0.4, -0.2) is 36.6 Å². The van der Waals surface area contributed by atoms with E-state index in [1.54, 1.807) is 13.8 Å². The van der Waals surface area contributed by atoms with Crippen LogP contribution >= 0.6 is 18.0 Å². The van der Waals surface area contributed by atoms with Crippen molar-refractivity contribution in [1.82, 2.24) is 0 Å². The van der Waals surface area contributed by atoms with Gasteiger partial charge in [0.05, 0.1) is 0 Å². The van der Waals surface area contributed by atoms with Gasteiger partial charge in [0.2, 0.25) is 0 Å². The van der Waals surface area contributed by atoms with Crippen molar-refractivity contribution in [1.29, 1.82) is 0 Å². The Balaban J connectivity index is 4.40. The molecule has 2 unspecified atom stereocenters. The van der Waals surface area contributed by atoms with Crippen LogP contribution in [0.5, 0.6) is 0 Å². The highest BCUT2D eigenvalue weighted by molar-refractivity contribution is 8.56. The second kappa shape index (κ2) is 8.42. The molecule has 120 valence electrons. The van der Waals surface area contributed by atoms with Crippen LogP contribution in [0.15, 0.2) is 0 Å². The Morgan fingerprint density at radius 1 is 1.40 bits per heavy atom. The average molecular weight is 325 g/mol. The first kappa shape index (κ1) is 20.0. The molecule has 0 aromatic carbocycles. The summed E-state index contributed by atoms with van der Waals surface area (Å²) in [7, 11) is 1.48. The lowest BCUT2D eigenvalue weighted by atomic mass is 10.1. The number of ether oxygens (including phenoxy) is 1. The van der Waals surface area contributed by atoms with Crippen molar-refractivity contribution in [2.24, 2.45) is 11.7 Å². The minimum Gasteiger partial charge on any atom is -0.463 e. The highest BCUT2D eigenvalue weighted by Gasteiger charge is 2.35. The topological polar surface area (TPSA) is 78.6 Å². The van der Waals surface area contributed by atoms with E-state index in [1.807, 2.05) is 20.8 Å². The highest BCUT2D eigenvalue weighted by atomic mass is 32.7. The molecule has 0 bridgehead atoms. The zero-order valence-electron chi connectivity index (χ0n) is 13.3. The molecule has 0 saturated carbocycles. The van der Waals surface area contributed by atoms with Crippen LogP contribution in [0.4, 0.5) is 0 Å². The molecular weight excluding hydrogens is 297 g/mol. The van der Waals surface area contributed by atoms with E-state index in [9.17, 15) is 9.36 Å². The van der Waals surface area contributed by atoms with Crippen molar-refractivity contribution in [3.63, 3.8) is 0 Å². The molecular formula is C13H28NO4PS. The Hall–Kier alpha value is -0.0300. The smallest absolute Gasteiger partial charge is 0.325 e. The predicted molar refractivity (Wildman–Crippen MR) is 85.2 cm³/mol. The number of hydrogen-bond acceptors (Lipinski definition) is 6. The Morgan fingerprint density at radius 3 is 2.30 bits per heavy atom. The van der Waals surface area contributed by atoms with Crippen LogP contribution in [0.1, 0.15) is 41.0 Å². The van der Waals surface area contributed by atoms with Gasteiger partial charge in [-0.05, 0) is 26.2 Å². The summed E-state index contributed by atoms with van der Waals surface area (Å²) >= 11 is 1.25. The molecule has 0 heterocycles. The van der Waals surface area contributed by atoms with Crippen LogP contribution in [0, 0.1) is 5.92 Å². The Morgan fingerprint density at radius 2 is 1.95 bits per heavy atom. The van der Waals surface area contributed by atoms with E-state index in [1.165, 1.54) is 18.5 Å². The maximum atomic E-state index is 12.8. The van der Waals surface area contributed by atoms with Crippen molar-refractivity contribution in [3.05, 3.63) is 0 Å². The molecule has 20 heavy (non-hydrogen) atoms. The van der Waals surface area contributed by atoms with Crippen molar-refractivity contribution in [2.45, 2.75) is 52.2 Å². The molecule has 2 N–H and O–H groups in total. The fraction of sp³-hybridized carbons (Fsp3) is 0.923. The van der Waals surface area contributed by atoms with E-state index in [0.29, 0.717) is 5.75 Å². The van der Waals surface area contributed by atoms with E-state index in [0.717, 1.165) is 6.42 Å². The van der Waals surface area contributed by atoms with Crippen LogP contribution in [-0.2, 0) is 18.6 Å². The number of carbonyl (C=O) groups excluding carboxylic acids is 1. The van der Waals surface area contributed by atoms with Crippen LogP contribution in [0.2, 0.25) is 0 Å². The van der Waals surface area contributed by atoms with Gasteiger partial charge in [0, 0.05) is 18.5 Å². The summed E-state index contributed by atoms with van der Waals surface area (Å²) in [4.78, 5) is 11.5. The number of rotatable bonds is 9. The molecule has 7 heteroatoms. The normalized spacial score (nSPS) is 16.8. The lowest BCUT2D eigenvalue weighted by Gasteiger charge is -2.27. The number of carbonyl (C=O) groups is 1. The van der Waals surface area contributed by atoms with Crippen molar-refractivity contribution in [3.8, 4) is 0 Å². The maximum absolute atomic E-state index is 12.8. The van der Waals surface area contributed by atoms with Gasteiger partial charge in [0.15, 0.2) is 0 Å². The Kier molecular flexibility index (Phi) is 8.41. The summed E-state index contributed by atoms with van der Waals surface area (Å²) in [5, 5.41) is 0. The van der Waals surface area contributed by atoms with E-state index in [2.05, 4.69) is 0 Å². The minimum absolute atomic E-state index is 0.0131. The van der Waals surface area contributed by atoms with Crippen LogP contribution < -0.4 is 5.73 Å². The molecule has 2 atom stereocenters. The average Bonchev–Trinajstić information content (AvgIpc) is 2.33. The van der Waals surface area contributed by atoms with E-state index < -0.39 is 18.1 Å². The molecule has 0 saturated heterocycles. The third-order valence-electron chi connectivity index (χ3n) is 2.96. The summed E-state index contributed by atoms with van der Waals surface area (Å²) in [5.41, 5.74) is 4.63. The zero-order chi connectivity index (χ0) is 16.0. The second-order valence-electron chi connectivity index (χ2n) is 5.63. The first-order valence-corrected chi connectivity index (χ1v) is 10.1. The van der Waals surface area contributed by atoms with Crippen molar-refractivity contribution < 1.29 is 18.6 Å². The standard InChI is InChI=1S/C13H28NO4PS/c1-7-11(10(2)3)19(16,17-6)20-9-8-18-12(15)13(4,5)14/h10-11H,7-9,14H2,1-6H3. The lowest BCUT2D eigenvalue weighted by Crippen LogP contribution is -2.43. The van der Waals surface area contributed by atoms with Gasteiger partial charge in [-0.1, -0.05) is 32.2 Å². The van der Waals surface area contributed by atoms with Gasteiger partial charge in [-0.2, -0.15) is 0 Å². The van der Waals surface area contributed by atoms with Gasteiger partial charge in [-0.25, -0.2) is 0 Å². The van der Waals surface area contributed by atoms with Crippen LogP contribution in [0.25, 0.3) is 0 Å². The maximum Gasteiger partial charge on any atom is 0.325 e. The van der Waals surface area contributed by atoms with Gasteiger partial charge in [0.1, 0.15) is 12.1 Å². The first-order chi connectivity index (χ1) is 9.08. The first-order valence-electron chi connectivity index (χ1n) is 6.84. The molecule has 0 aromatic rings. The van der Waals surface area contributed by atoms with E-state index in [4.69, 9.17) is 15.0 Å². The highest BCUT2D eigenvalue weighted by Crippen LogP contribution is 2.65. The Bertz CT molecular complexity index is 355. The molecule has 0 aliphatic heterocycles. The lowest BCUT2D eigenvalue weighted by molar-refractivity contribution is -0.148. The summed E-state index contributed by atoms with van der Waals surface area (Å²) in [6.45, 7) is 6.68. The summed E-state index contributed by atoms with van der Waals surface area (Å²) in [6.07, 6.45) is 0.797. The molecule has 5 nitrogen and oxygen atoms in total. The summed E-state index contributed by atoms with van der Waals surface area (Å²) in [6, 6.07) is 0. The fourth-order valence-electron chi connectivity index (χ4n) is 1.83. The predicted octanol–water partition coefficient (Wildman–Crippen LogP) is 3.27. The third kappa shape index (κ3) is 6.17. The number of esters is 1. The van der Waals surface area contributed by atoms with E-state index in [-0.39, 0.29) is 18.2 Å². The SMILES string of the molecule is CCC(C(C)C)P(=O)(OC)SCCOC(=O)C(C)(C)N. The number of nitrogens with two attached hydrogens (primary N) is 1. The molecule has 0 aliphatic carbocycles. The van der Waals surface area contributed by atoms with Gasteiger partial charge < -0.3 is 15.0 Å². The third-order valence-corrected chi connectivity index (χ3v) is 8.84. The van der Waals surface area contributed by atoms with Crippen molar-refractivity contribution in [2.75, 3.05) is 19.5 Å². The molecule has 0 aromatic heterocycles. The molecule has 0 fully saturated rings. The molecule has 0 radical (unpaired) electrons. The molecule has 0 rings (SSSR count). The molecule has 0 amide bonds.